The van der Waals surface area contributed by atoms with Gasteiger partial charge >= 0.3 is 5.97 Å². The molecular formula is C10H11N3O4. The first-order valence-corrected chi connectivity index (χ1v) is 4.69. The SMILES string of the molecule is N#CCC(O)C(O)c1cnc(C(=O)O)c(N)c1. The molecule has 90 valence electrons. The second-order valence-corrected chi connectivity index (χ2v) is 3.39. The number of carbonyl (C=O) groups is 1. The molecule has 0 spiro atoms. The smallest absolute Gasteiger partial charge is 0.356 e. The van der Waals surface area contributed by atoms with Gasteiger partial charge in [0.2, 0.25) is 0 Å². The zero-order chi connectivity index (χ0) is 13.0. The number of aromatic carboxylic acids is 1. The second-order valence-electron chi connectivity index (χ2n) is 3.39. The Morgan fingerprint density at radius 3 is 2.71 bits per heavy atom. The third-order valence-corrected chi connectivity index (χ3v) is 2.15. The van der Waals surface area contributed by atoms with Crippen LogP contribution in [0.25, 0.3) is 0 Å². The van der Waals surface area contributed by atoms with E-state index < -0.39 is 18.2 Å². The van der Waals surface area contributed by atoms with Gasteiger partial charge in [0.05, 0.1) is 24.3 Å². The monoisotopic (exact) mass is 237 g/mol. The Labute approximate surface area is 96.8 Å². The van der Waals surface area contributed by atoms with E-state index in [2.05, 4.69) is 4.98 Å². The maximum Gasteiger partial charge on any atom is 0.356 e. The van der Waals surface area contributed by atoms with Crippen LogP contribution in [0.15, 0.2) is 12.3 Å². The number of aromatic nitrogens is 1. The fraction of sp³-hybridized carbons (Fsp3) is 0.300. The van der Waals surface area contributed by atoms with Crippen LogP contribution in [-0.4, -0.2) is 32.4 Å². The molecule has 0 saturated heterocycles. The number of nitrogen functional groups attached to an aromatic ring is 1. The molecule has 0 radical (unpaired) electrons. The van der Waals surface area contributed by atoms with Crippen molar-refractivity contribution >= 4 is 11.7 Å². The van der Waals surface area contributed by atoms with Gasteiger partial charge in [0.25, 0.3) is 0 Å². The van der Waals surface area contributed by atoms with Gasteiger partial charge in [-0.1, -0.05) is 0 Å². The average Bonchev–Trinajstić information content (AvgIpc) is 2.27. The minimum absolute atomic E-state index is 0.113. The third-order valence-electron chi connectivity index (χ3n) is 2.15. The summed E-state index contributed by atoms with van der Waals surface area (Å²) in [5.41, 5.74) is 5.16. The molecule has 1 aromatic heterocycles. The lowest BCUT2D eigenvalue weighted by Crippen LogP contribution is -2.18. The van der Waals surface area contributed by atoms with Crippen LogP contribution in [0, 0.1) is 11.3 Å². The number of nitriles is 1. The fourth-order valence-corrected chi connectivity index (χ4v) is 1.27. The number of hydrogen-bond donors (Lipinski definition) is 4. The van der Waals surface area contributed by atoms with Gasteiger partial charge in [-0.2, -0.15) is 5.26 Å². The molecule has 0 aliphatic heterocycles. The molecule has 2 atom stereocenters. The van der Waals surface area contributed by atoms with Crippen LogP contribution >= 0.6 is 0 Å². The van der Waals surface area contributed by atoms with Gasteiger partial charge in [0.1, 0.15) is 6.10 Å². The summed E-state index contributed by atoms with van der Waals surface area (Å²) in [5, 5.41) is 36.1. The lowest BCUT2D eigenvalue weighted by Gasteiger charge is -2.15. The number of anilines is 1. The zero-order valence-electron chi connectivity index (χ0n) is 8.74. The van der Waals surface area contributed by atoms with Crippen molar-refractivity contribution in [1.82, 2.24) is 4.98 Å². The summed E-state index contributed by atoms with van der Waals surface area (Å²) >= 11 is 0. The van der Waals surface area contributed by atoms with E-state index in [1.807, 2.05) is 0 Å². The van der Waals surface area contributed by atoms with Crippen LogP contribution in [0.5, 0.6) is 0 Å². The van der Waals surface area contributed by atoms with Gasteiger partial charge < -0.3 is 21.1 Å². The molecule has 7 heteroatoms. The molecule has 1 heterocycles. The molecule has 0 saturated carbocycles. The fourth-order valence-electron chi connectivity index (χ4n) is 1.27. The standard InChI is InChI=1S/C10H11N3O4/c11-2-1-7(14)9(15)5-3-6(12)8(10(16)17)13-4-5/h3-4,7,9,14-15H,1,12H2,(H,16,17). The minimum atomic E-state index is -1.33. The van der Waals surface area contributed by atoms with Crippen LogP contribution < -0.4 is 5.73 Å². The van der Waals surface area contributed by atoms with Crippen LogP contribution in [0.4, 0.5) is 5.69 Å². The van der Waals surface area contributed by atoms with Crippen molar-refractivity contribution in [2.45, 2.75) is 18.6 Å². The van der Waals surface area contributed by atoms with Gasteiger partial charge in [-0.3, -0.25) is 0 Å². The summed E-state index contributed by atoms with van der Waals surface area (Å²) in [5.74, 6) is -1.28. The summed E-state index contributed by atoms with van der Waals surface area (Å²) in [6.07, 6.45) is -1.74. The Hall–Kier alpha value is -2.17. The largest absolute Gasteiger partial charge is 0.476 e. The van der Waals surface area contributed by atoms with E-state index in [4.69, 9.17) is 16.1 Å². The zero-order valence-corrected chi connectivity index (χ0v) is 8.74. The van der Waals surface area contributed by atoms with E-state index in [0.29, 0.717) is 0 Å². The molecule has 0 amide bonds. The quantitative estimate of drug-likeness (QED) is 0.561. The highest BCUT2D eigenvalue weighted by Gasteiger charge is 2.20. The third kappa shape index (κ3) is 2.90. The Balaban J connectivity index is 2.98. The maximum absolute atomic E-state index is 10.6. The highest BCUT2D eigenvalue weighted by atomic mass is 16.4. The Morgan fingerprint density at radius 1 is 1.59 bits per heavy atom. The molecule has 0 aliphatic rings. The molecule has 0 aromatic carbocycles. The molecule has 0 bridgehead atoms. The van der Waals surface area contributed by atoms with E-state index in [9.17, 15) is 15.0 Å². The number of nitrogens with zero attached hydrogens (tertiary/aromatic N) is 2. The molecule has 0 aliphatic carbocycles. The molecule has 2 unspecified atom stereocenters. The first-order chi connectivity index (χ1) is 7.97. The Kier molecular flexibility index (Phi) is 3.98. The first kappa shape index (κ1) is 12.9. The molecule has 1 aromatic rings. The van der Waals surface area contributed by atoms with Gasteiger partial charge in [0.15, 0.2) is 5.69 Å². The first-order valence-electron chi connectivity index (χ1n) is 4.69. The van der Waals surface area contributed by atoms with Crippen molar-refractivity contribution in [3.05, 3.63) is 23.5 Å². The van der Waals surface area contributed by atoms with Crippen molar-refractivity contribution in [1.29, 1.82) is 5.26 Å². The van der Waals surface area contributed by atoms with E-state index in [-0.39, 0.29) is 23.4 Å². The van der Waals surface area contributed by atoms with Crippen molar-refractivity contribution in [3.63, 3.8) is 0 Å². The van der Waals surface area contributed by atoms with Gasteiger partial charge in [-0.25, -0.2) is 9.78 Å². The summed E-state index contributed by atoms with van der Waals surface area (Å²) in [6.45, 7) is 0. The summed E-state index contributed by atoms with van der Waals surface area (Å²) in [6, 6.07) is 2.92. The van der Waals surface area contributed by atoms with Crippen molar-refractivity contribution in [2.75, 3.05) is 5.73 Å². The van der Waals surface area contributed by atoms with Crippen LogP contribution in [0.1, 0.15) is 28.6 Å². The number of nitrogens with two attached hydrogens (primary N) is 1. The normalized spacial score (nSPS) is 13.7. The number of aliphatic hydroxyl groups excluding tert-OH is 2. The molecule has 7 nitrogen and oxygen atoms in total. The topological polar surface area (TPSA) is 140 Å². The summed E-state index contributed by atoms with van der Waals surface area (Å²) in [7, 11) is 0. The predicted molar refractivity (Wildman–Crippen MR) is 56.8 cm³/mol. The van der Waals surface area contributed by atoms with Gasteiger partial charge in [0, 0.05) is 11.8 Å². The highest BCUT2D eigenvalue weighted by molar-refractivity contribution is 5.91. The van der Waals surface area contributed by atoms with Gasteiger partial charge in [-0.15, -0.1) is 0 Å². The van der Waals surface area contributed by atoms with E-state index in [1.165, 1.54) is 6.07 Å². The highest BCUT2D eigenvalue weighted by Crippen LogP contribution is 2.21. The Morgan fingerprint density at radius 2 is 2.24 bits per heavy atom. The number of carboxylic acid groups (broad SMARTS) is 1. The minimum Gasteiger partial charge on any atom is -0.476 e. The lowest BCUT2D eigenvalue weighted by molar-refractivity contribution is 0.0214. The molecule has 1 rings (SSSR count). The number of pyridine rings is 1. The number of carboxylic acids is 1. The lowest BCUT2D eigenvalue weighted by atomic mass is 10.0. The van der Waals surface area contributed by atoms with E-state index in [0.717, 1.165) is 6.20 Å². The molecule has 17 heavy (non-hydrogen) atoms. The second kappa shape index (κ2) is 5.25. The van der Waals surface area contributed by atoms with Crippen molar-refractivity contribution in [3.8, 4) is 6.07 Å². The molecule has 5 N–H and O–H groups in total. The predicted octanol–water partition coefficient (Wildman–Crippen LogP) is -0.330. The molecular weight excluding hydrogens is 226 g/mol. The van der Waals surface area contributed by atoms with Crippen LogP contribution in [0.2, 0.25) is 0 Å². The maximum atomic E-state index is 10.6. The number of rotatable bonds is 4. The summed E-state index contributed by atoms with van der Waals surface area (Å²) in [4.78, 5) is 14.2. The van der Waals surface area contributed by atoms with Crippen LogP contribution in [-0.2, 0) is 0 Å². The Bertz CT molecular complexity index is 469. The molecule has 0 fully saturated rings. The van der Waals surface area contributed by atoms with Gasteiger partial charge in [-0.05, 0) is 6.07 Å². The average molecular weight is 237 g/mol. The number of hydrogen-bond acceptors (Lipinski definition) is 6. The number of aliphatic hydroxyl groups is 2. The van der Waals surface area contributed by atoms with E-state index >= 15 is 0 Å². The summed E-state index contributed by atoms with van der Waals surface area (Å²) < 4.78 is 0. The van der Waals surface area contributed by atoms with Crippen molar-refractivity contribution < 1.29 is 20.1 Å². The van der Waals surface area contributed by atoms with Crippen LogP contribution in [0.3, 0.4) is 0 Å². The van der Waals surface area contributed by atoms with E-state index in [1.54, 1.807) is 6.07 Å². The van der Waals surface area contributed by atoms with Crippen molar-refractivity contribution in [2.24, 2.45) is 0 Å².